The van der Waals surface area contributed by atoms with Crippen LogP contribution in [-0.2, 0) is 14.3 Å². The summed E-state index contributed by atoms with van der Waals surface area (Å²) in [7, 11) is 0. The van der Waals surface area contributed by atoms with Crippen LogP contribution in [0.15, 0.2) is 30.3 Å². The first-order valence-corrected chi connectivity index (χ1v) is 8.93. The summed E-state index contributed by atoms with van der Waals surface area (Å²) in [5, 5.41) is 11.6. The van der Waals surface area contributed by atoms with E-state index in [1.165, 1.54) is 23.1 Å². The number of nitrogens with one attached hydrogen (secondary N) is 1. The van der Waals surface area contributed by atoms with E-state index in [1.807, 2.05) is 30.3 Å². The maximum absolute atomic E-state index is 12.1. The van der Waals surface area contributed by atoms with Gasteiger partial charge in [0.2, 0.25) is 11.0 Å². The molecule has 1 heterocycles. The molecular weight excluding hydrogens is 334 g/mol. The topological polar surface area (TPSA) is 81.2 Å². The lowest BCUT2D eigenvalue weighted by Crippen LogP contribution is -2.24. The van der Waals surface area contributed by atoms with Gasteiger partial charge in [-0.15, -0.1) is 22.0 Å². The molecule has 2 aromatic rings. The van der Waals surface area contributed by atoms with Crippen molar-refractivity contribution in [3.8, 4) is 10.6 Å². The normalized spacial score (nSPS) is 11.7. The van der Waals surface area contributed by atoms with Crippen LogP contribution in [0.1, 0.15) is 13.8 Å². The minimum absolute atomic E-state index is 0.147. The smallest absolute Gasteiger partial charge is 0.315 e. The molecular formula is C15H17N3O3S2. The van der Waals surface area contributed by atoms with Gasteiger partial charge < -0.3 is 4.74 Å². The van der Waals surface area contributed by atoms with Gasteiger partial charge in [0, 0.05) is 5.56 Å². The first-order chi connectivity index (χ1) is 11.1. The highest BCUT2D eigenvalue weighted by Gasteiger charge is 2.17. The van der Waals surface area contributed by atoms with Gasteiger partial charge in [-0.3, -0.25) is 14.9 Å². The molecule has 122 valence electrons. The summed E-state index contributed by atoms with van der Waals surface area (Å²) in [6.45, 7) is 3.82. The number of aromatic nitrogens is 2. The maximum atomic E-state index is 12.1. The van der Waals surface area contributed by atoms with Crippen LogP contribution in [0.3, 0.4) is 0 Å². The Kier molecular flexibility index (Phi) is 6.54. The SMILES string of the molecule is CCOC(=O)CS[C@@H](C)C(=O)Nc1nnc(-c2ccccc2)s1. The molecule has 0 aliphatic heterocycles. The van der Waals surface area contributed by atoms with Gasteiger partial charge in [0.1, 0.15) is 5.01 Å². The van der Waals surface area contributed by atoms with Gasteiger partial charge in [-0.05, 0) is 13.8 Å². The Morgan fingerprint density at radius 1 is 1.30 bits per heavy atom. The molecule has 6 nitrogen and oxygen atoms in total. The monoisotopic (exact) mass is 351 g/mol. The number of nitrogens with zero attached hydrogens (tertiary/aromatic N) is 2. The number of carbonyl (C=O) groups is 2. The highest BCUT2D eigenvalue weighted by atomic mass is 32.2. The predicted molar refractivity (Wildman–Crippen MR) is 92.5 cm³/mol. The number of benzene rings is 1. The van der Waals surface area contributed by atoms with Gasteiger partial charge in [-0.1, -0.05) is 41.7 Å². The van der Waals surface area contributed by atoms with Crippen LogP contribution in [0.25, 0.3) is 10.6 Å². The zero-order valence-corrected chi connectivity index (χ0v) is 14.4. The Morgan fingerprint density at radius 3 is 2.74 bits per heavy atom. The van der Waals surface area contributed by atoms with Gasteiger partial charge in [-0.2, -0.15) is 0 Å². The Morgan fingerprint density at radius 2 is 2.04 bits per heavy atom. The first-order valence-electron chi connectivity index (χ1n) is 7.07. The number of thioether (sulfide) groups is 1. The van der Waals surface area contributed by atoms with Crippen LogP contribution >= 0.6 is 23.1 Å². The van der Waals surface area contributed by atoms with E-state index in [1.54, 1.807) is 13.8 Å². The Hall–Kier alpha value is -1.93. The number of esters is 1. The van der Waals surface area contributed by atoms with Crippen molar-refractivity contribution in [1.29, 1.82) is 0 Å². The van der Waals surface area contributed by atoms with Crippen LogP contribution in [-0.4, -0.2) is 39.7 Å². The molecule has 0 bridgehead atoms. The van der Waals surface area contributed by atoms with Gasteiger partial charge in [0.15, 0.2) is 0 Å². The second-order valence-corrected chi connectivity index (χ2v) is 6.83. The van der Waals surface area contributed by atoms with Crippen molar-refractivity contribution in [2.75, 3.05) is 17.7 Å². The van der Waals surface area contributed by atoms with Crippen molar-refractivity contribution in [1.82, 2.24) is 10.2 Å². The van der Waals surface area contributed by atoms with Crippen LogP contribution in [0.2, 0.25) is 0 Å². The number of carbonyl (C=O) groups excluding carboxylic acids is 2. The average Bonchev–Trinajstić information content (AvgIpc) is 3.02. The van der Waals surface area contributed by atoms with Crippen molar-refractivity contribution in [2.24, 2.45) is 0 Å². The van der Waals surface area contributed by atoms with Crippen molar-refractivity contribution >= 4 is 40.1 Å². The van der Waals surface area contributed by atoms with Crippen molar-refractivity contribution in [3.63, 3.8) is 0 Å². The summed E-state index contributed by atoms with van der Waals surface area (Å²) < 4.78 is 4.83. The van der Waals surface area contributed by atoms with E-state index < -0.39 is 0 Å². The lowest BCUT2D eigenvalue weighted by Gasteiger charge is -2.09. The molecule has 8 heteroatoms. The molecule has 1 aromatic heterocycles. The number of rotatable bonds is 7. The van der Waals surface area contributed by atoms with Crippen LogP contribution in [0.4, 0.5) is 5.13 Å². The Bertz CT molecular complexity index is 661. The van der Waals surface area contributed by atoms with Gasteiger partial charge in [0.25, 0.3) is 0 Å². The minimum atomic E-state index is -0.386. The van der Waals surface area contributed by atoms with Crippen molar-refractivity contribution in [3.05, 3.63) is 30.3 Å². The molecule has 1 amide bonds. The Labute approximate surface area is 142 Å². The van der Waals surface area contributed by atoms with E-state index in [4.69, 9.17) is 4.74 Å². The fraction of sp³-hybridized carbons (Fsp3) is 0.333. The molecule has 0 fully saturated rings. The molecule has 1 N–H and O–H groups in total. The summed E-state index contributed by atoms with van der Waals surface area (Å²) >= 11 is 2.53. The summed E-state index contributed by atoms with van der Waals surface area (Å²) in [4.78, 5) is 23.4. The van der Waals surface area contributed by atoms with Gasteiger partial charge >= 0.3 is 5.97 Å². The second kappa shape index (κ2) is 8.64. The van der Waals surface area contributed by atoms with Gasteiger partial charge in [0.05, 0.1) is 17.6 Å². The number of hydrogen-bond donors (Lipinski definition) is 1. The largest absolute Gasteiger partial charge is 0.465 e. The molecule has 0 spiro atoms. The fourth-order valence-corrected chi connectivity index (χ4v) is 3.08. The molecule has 0 saturated heterocycles. The molecule has 1 aromatic carbocycles. The average molecular weight is 351 g/mol. The third kappa shape index (κ3) is 5.33. The summed E-state index contributed by atoms with van der Waals surface area (Å²) in [6.07, 6.45) is 0. The highest BCUT2D eigenvalue weighted by molar-refractivity contribution is 8.01. The standard InChI is InChI=1S/C15H17N3O3S2/c1-3-21-12(19)9-22-10(2)13(20)16-15-18-17-14(23-15)11-7-5-4-6-8-11/h4-8,10H,3,9H2,1-2H3,(H,16,18,20)/t10-/m0/s1. The first kappa shape index (κ1) is 17.4. The number of ether oxygens (including phenoxy) is 1. The molecule has 23 heavy (non-hydrogen) atoms. The maximum Gasteiger partial charge on any atom is 0.315 e. The molecule has 2 rings (SSSR count). The van der Waals surface area contributed by atoms with Crippen molar-refractivity contribution < 1.29 is 14.3 Å². The van der Waals surface area contributed by atoms with Crippen molar-refractivity contribution in [2.45, 2.75) is 19.1 Å². The number of amides is 1. The summed E-state index contributed by atoms with van der Waals surface area (Å²) in [5.74, 6) is -0.386. The molecule has 0 radical (unpaired) electrons. The third-order valence-electron chi connectivity index (χ3n) is 2.80. The van der Waals surface area contributed by atoms with Crippen LogP contribution < -0.4 is 5.32 Å². The quantitative estimate of drug-likeness (QED) is 0.773. The molecule has 0 aliphatic rings. The highest BCUT2D eigenvalue weighted by Crippen LogP contribution is 2.26. The second-order valence-electron chi connectivity index (χ2n) is 4.53. The van der Waals surface area contributed by atoms with E-state index in [0.717, 1.165) is 10.6 Å². The number of hydrogen-bond acceptors (Lipinski definition) is 7. The van der Waals surface area contributed by atoms with E-state index in [-0.39, 0.29) is 22.9 Å². The summed E-state index contributed by atoms with van der Waals surface area (Å²) in [5.41, 5.74) is 0.954. The molecule has 0 unspecified atom stereocenters. The zero-order valence-electron chi connectivity index (χ0n) is 12.8. The van der Waals surface area contributed by atoms with Crippen LogP contribution in [0, 0.1) is 0 Å². The number of anilines is 1. The van der Waals surface area contributed by atoms with E-state index in [9.17, 15) is 9.59 Å². The molecule has 1 atom stereocenters. The zero-order chi connectivity index (χ0) is 16.7. The molecule has 0 aliphatic carbocycles. The van der Waals surface area contributed by atoms with E-state index in [0.29, 0.717) is 11.7 Å². The van der Waals surface area contributed by atoms with E-state index in [2.05, 4.69) is 15.5 Å². The predicted octanol–water partition coefficient (Wildman–Crippen LogP) is 2.83. The molecule has 0 saturated carbocycles. The lowest BCUT2D eigenvalue weighted by molar-refractivity contribution is -0.139. The Balaban J connectivity index is 1.88. The lowest BCUT2D eigenvalue weighted by atomic mass is 10.2. The third-order valence-corrected chi connectivity index (χ3v) is 4.81. The fourth-order valence-electron chi connectivity index (χ4n) is 1.65. The van der Waals surface area contributed by atoms with Crippen LogP contribution in [0.5, 0.6) is 0 Å². The minimum Gasteiger partial charge on any atom is -0.465 e. The van der Waals surface area contributed by atoms with E-state index >= 15 is 0 Å². The summed E-state index contributed by atoms with van der Waals surface area (Å²) in [6, 6.07) is 9.63. The van der Waals surface area contributed by atoms with Gasteiger partial charge in [-0.25, -0.2) is 0 Å².